The molecule has 0 spiro atoms. The highest BCUT2D eigenvalue weighted by Gasteiger charge is 2.16. The van der Waals surface area contributed by atoms with E-state index in [9.17, 15) is 9.90 Å². The van der Waals surface area contributed by atoms with Crippen molar-refractivity contribution in [2.24, 2.45) is 0 Å². The van der Waals surface area contributed by atoms with Crippen molar-refractivity contribution in [1.29, 1.82) is 0 Å². The first-order valence-electron chi connectivity index (χ1n) is 5.57. The SMILES string of the molecule is Cc1ccc(C(=O)N(C)c2cccnc2)c(O)c1. The second-order valence-electron chi connectivity index (χ2n) is 4.10. The molecule has 1 aromatic heterocycles. The molecular weight excluding hydrogens is 228 g/mol. The predicted molar refractivity (Wildman–Crippen MR) is 69.8 cm³/mol. The molecular formula is C14H14N2O2. The summed E-state index contributed by atoms with van der Waals surface area (Å²) < 4.78 is 0. The van der Waals surface area contributed by atoms with Gasteiger partial charge >= 0.3 is 0 Å². The van der Waals surface area contributed by atoms with Gasteiger partial charge in [0.15, 0.2) is 0 Å². The number of aromatic nitrogens is 1. The maximum absolute atomic E-state index is 12.2. The summed E-state index contributed by atoms with van der Waals surface area (Å²) in [4.78, 5) is 17.6. The van der Waals surface area contributed by atoms with Gasteiger partial charge in [-0.25, -0.2) is 0 Å². The van der Waals surface area contributed by atoms with Crippen LogP contribution in [0.3, 0.4) is 0 Å². The first-order chi connectivity index (χ1) is 8.59. The zero-order chi connectivity index (χ0) is 13.1. The number of phenolic OH excluding ortho intramolecular Hbond substituents is 1. The zero-order valence-corrected chi connectivity index (χ0v) is 10.3. The lowest BCUT2D eigenvalue weighted by Gasteiger charge is -2.17. The Balaban J connectivity index is 2.32. The van der Waals surface area contributed by atoms with Crippen LogP contribution in [0.25, 0.3) is 0 Å². The van der Waals surface area contributed by atoms with E-state index in [0.717, 1.165) is 5.56 Å². The molecule has 1 amide bonds. The summed E-state index contributed by atoms with van der Waals surface area (Å²) in [5.41, 5.74) is 1.88. The monoisotopic (exact) mass is 242 g/mol. The van der Waals surface area contributed by atoms with Crippen molar-refractivity contribution in [1.82, 2.24) is 4.98 Å². The first kappa shape index (κ1) is 12.1. The fourth-order valence-corrected chi connectivity index (χ4v) is 1.67. The average molecular weight is 242 g/mol. The van der Waals surface area contributed by atoms with Gasteiger partial charge < -0.3 is 10.0 Å². The number of anilines is 1. The maximum atomic E-state index is 12.2. The lowest BCUT2D eigenvalue weighted by molar-refractivity contribution is 0.0990. The lowest BCUT2D eigenvalue weighted by atomic mass is 10.1. The van der Waals surface area contributed by atoms with E-state index in [2.05, 4.69) is 4.98 Å². The molecule has 4 heteroatoms. The number of hydrogen-bond donors (Lipinski definition) is 1. The van der Waals surface area contributed by atoms with E-state index in [4.69, 9.17) is 0 Å². The molecule has 0 aliphatic carbocycles. The number of aryl methyl sites for hydroxylation is 1. The molecule has 0 atom stereocenters. The van der Waals surface area contributed by atoms with Crippen LogP contribution < -0.4 is 4.90 Å². The average Bonchev–Trinajstić information content (AvgIpc) is 2.38. The summed E-state index contributed by atoms with van der Waals surface area (Å²) in [5, 5.41) is 9.79. The van der Waals surface area contributed by atoms with Crippen molar-refractivity contribution in [2.75, 3.05) is 11.9 Å². The summed E-state index contributed by atoms with van der Waals surface area (Å²) >= 11 is 0. The van der Waals surface area contributed by atoms with Crippen molar-refractivity contribution in [3.8, 4) is 5.75 Å². The zero-order valence-electron chi connectivity index (χ0n) is 10.3. The standard InChI is InChI=1S/C14H14N2O2/c1-10-5-6-12(13(17)8-10)14(18)16(2)11-4-3-7-15-9-11/h3-9,17H,1-2H3. The van der Waals surface area contributed by atoms with E-state index >= 15 is 0 Å². The number of pyridine rings is 1. The van der Waals surface area contributed by atoms with Crippen molar-refractivity contribution < 1.29 is 9.90 Å². The van der Waals surface area contributed by atoms with Crippen molar-refractivity contribution in [3.05, 3.63) is 53.9 Å². The molecule has 1 aromatic carbocycles. The number of amides is 1. The van der Waals surface area contributed by atoms with E-state index in [-0.39, 0.29) is 17.2 Å². The topological polar surface area (TPSA) is 53.4 Å². The maximum Gasteiger partial charge on any atom is 0.261 e. The Labute approximate surface area is 106 Å². The van der Waals surface area contributed by atoms with Gasteiger partial charge in [0, 0.05) is 13.2 Å². The number of aromatic hydroxyl groups is 1. The number of benzene rings is 1. The van der Waals surface area contributed by atoms with Crippen LogP contribution in [0.2, 0.25) is 0 Å². The molecule has 0 aliphatic rings. The van der Waals surface area contributed by atoms with Gasteiger partial charge in [-0.1, -0.05) is 6.07 Å². The largest absolute Gasteiger partial charge is 0.507 e. The van der Waals surface area contributed by atoms with E-state index < -0.39 is 0 Å². The minimum atomic E-state index is -0.263. The van der Waals surface area contributed by atoms with Gasteiger partial charge in [-0.3, -0.25) is 9.78 Å². The summed E-state index contributed by atoms with van der Waals surface area (Å²) in [6.07, 6.45) is 3.24. The molecule has 1 heterocycles. The van der Waals surface area contributed by atoms with E-state index in [0.29, 0.717) is 5.69 Å². The summed E-state index contributed by atoms with van der Waals surface area (Å²) in [5.74, 6) is -0.267. The molecule has 4 nitrogen and oxygen atoms in total. The van der Waals surface area contributed by atoms with Crippen LogP contribution in [0.5, 0.6) is 5.75 Å². The summed E-state index contributed by atoms with van der Waals surface area (Å²) in [6.45, 7) is 1.86. The molecule has 0 aliphatic heterocycles. The lowest BCUT2D eigenvalue weighted by Crippen LogP contribution is -2.26. The van der Waals surface area contributed by atoms with E-state index in [1.54, 1.807) is 49.8 Å². The number of hydrogen-bond acceptors (Lipinski definition) is 3. The highest BCUT2D eigenvalue weighted by atomic mass is 16.3. The third-order valence-electron chi connectivity index (χ3n) is 2.72. The quantitative estimate of drug-likeness (QED) is 0.879. The molecule has 18 heavy (non-hydrogen) atoms. The Kier molecular flexibility index (Phi) is 3.28. The Hall–Kier alpha value is -2.36. The number of carbonyl (C=O) groups excluding carboxylic acids is 1. The fourth-order valence-electron chi connectivity index (χ4n) is 1.67. The van der Waals surface area contributed by atoms with Crippen LogP contribution in [-0.2, 0) is 0 Å². The Bertz CT molecular complexity index is 567. The highest BCUT2D eigenvalue weighted by molar-refractivity contribution is 6.07. The molecule has 2 rings (SSSR count). The summed E-state index contributed by atoms with van der Waals surface area (Å²) in [6, 6.07) is 8.54. The Morgan fingerprint density at radius 1 is 1.33 bits per heavy atom. The van der Waals surface area contributed by atoms with Crippen LogP contribution in [-0.4, -0.2) is 23.0 Å². The second-order valence-corrected chi connectivity index (χ2v) is 4.10. The van der Waals surface area contributed by atoms with E-state index in [1.807, 2.05) is 6.92 Å². The summed E-state index contributed by atoms with van der Waals surface area (Å²) in [7, 11) is 1.65. The van der Waals surface area contributed by atoms with Gasteiger partial charge in [0.2, 0.25) is 0 Å². The second kappa shape index (κ2) is 4.87. The third-order valence-corrected chi connectivity index (χ3v) is 2.72. The predicted octanol–water partition coefficient (Wildman–Crippen LogP) is 2.37. The van der Waals surface area contributed by atoms with E-state index in [1.165, 1.54) is 4.90 Å². The third kappa shape index (κ3) is 2.32. The van der Waals surface area contributed by atoms with Crippen molar-refractivity contribution in [2.45, 2.75) is 6.92 Å². The van der Waals surface area contributed by atoms with Gasteiger partial charge in [-0.05, 0) is 36.8 Å². The van der Waals surface area contributed by atoms with Crippen LogP contribution in [0, 0.1) is 6.92 Å². The molecule has 0 unspecified atom stereocenters. The smallest absolute Gasteiger partial charge is 0.261 e. The van der Waals surface area contributed by atoms with Crippen LogP contribution >= 0.6 is 0 Å². The van der Waals surface area contributed by atoms with Gasteiger partial charge in [-0.15, -0.1) is 0 Å². The van der Waals surface area contributed by atoms with Crippen LogP contribution in [0.15, 0.2) is 42.7 Å². The molecule has 0 fully saturated rings. The number of rotatable bonds is 2. The minimum Gasteiger partial charge on any atom is -0.507 e. The molecule has 0 bridgehead atoms. The molecule has 0 saturated carbocycles. The van der Waals surface area contributed by atoms with Crippen LogP contribution in [0.1, 0.15) is 15.9 Å². The number of nitrogens with zero attached hydrogens (tertiary/aromatic N) is 2. The molecule has 1 N–H and O–H groups in total. The Morgan fingerprint density at radius 2 is 2.11 bits per heavy atom. The highest BCUT2D eigenvalue weighted by Crippen LogP contribution is 2.22. The van der Waals surface area contributed by atoms with Gasteiger partial charge in [-0.2, -0.15) is 0 Å². The normalized spacial score (nSPS) is 10.1. The first-order valence-corrected chi connectivity index (χ1v) is 5.57. The van der Waals surface area contributed by atoms with Gasteiger partial charge in [0.1, 0.15) is 5.75 Å². The molecule has 0 radical (unpaired) electrons. The number of phenols is 1. The van der Waals surface area contributed by atoms with Gasteiger partial charge in [0.05, 0.1) is 17.4 Å². The fraction of sp³-hybridized carbons (Fsp3) is 0.143. The minimum absolute atomic E-state index is 0.00394. The molecule has 0 saturated heterocycles. The van der Waals surface area contributed by atoms with Crippen LogP contribution in [0.4, 0.5) is 5.69 Å². The molecule has 92 valence electrons. The number of carbonyl (C=O) groups is 1. The van der Waals surface area contributed by atoms with Crippen molar-refractivity contribution >= 4 is 11.6 Å². The molecule has 2 aromatic rings. The van der Waals surface area contributed by atoms with Crippen molar-refractivity contribution in [3.63, 3.8) is 0 Å². The Morgan fingerprint density at radius 3 is 2.72 bits per heavy atom. The van der Waals surface area contributed by atoms with Gasteiger partial charge in [0.25, 0.3) is 5.91 Å².